The highest BCUT2D eigenvalue weighted by Crippen LogP contribution is 2.31. The van der Waals surface area contributed by atoms with Crippen molar-refractivity contribution in [3.63, 3.8) is 0 Å². The van der Waals surface area contributed by atoms with Gasteiger partial charge in [0.1, 0.15) is 0 Å². The number of hydrogen-bond acceptors (Lipinski definition) is 4. The predicted octanol–water partition coefficient (Wildman–Crippen LogP) is 2.25. The van der Waals surface area contributed by atoms with Crippen LogP contribution in [0.3, 0.4) is 0 Å². The standard InChI is InChI=1S/C20H29N3O3/c1-23(17-9-11-26-12-10-17)20(25)14-5-7-16(8-6-14)22-19(24)18-4-2-3-15(18)13-21/h5-8,15,17-18H,2-4,9-13,21H2,1H3,(H,22,24)/t15-,18-/m1/s1. The fourth-order valence-electron chi connectivity index (χ4n) is 4.04. The second-order valence-corrected chi connectivity index (χ2v) is 7.36. The zero-order valence-electron chi connectivity index (χ0n) is 15.4. The number of nitrogens with zero attached hydrogens (tertiary/aromatic N) is 1. The minimum atomic E-state index is 0.000891. The molecular formula is C20H29N3O3. The number of benzene rings is 1. The van der Waals surface area contributed by atoms with Crippen LogP contribution < -0.4 is 11.1 Å². The zero-order valence-corrected chi connectivity index (χ0v) is 15.4. The summed E-state index contributed by atoms with van der Waals surface area (Å²) >= 11 is 0. The Labute approximate surface area is 155 Å². The van der Waals surface area contributed by atoms with Crippen molar-refractivity contribution in [2.75, 3.05) is 32.1 Å². The second-order valence-electron chi connectivity index (χ2n) is 7.36. The molecule has 1 aliphatic carbocycles. The van der Waals surface area contributed by atoms with Crippen LogP contribution in [-0.2, 0) is 9.53 Å². The maximum atomic E-state index is 12.7. The Morgan fingerprint density at radius 3 is 2.50 bits per heavy atom. The number of amides is 2. The number of rotatable bonds is 5. The fraction of sp³-hybridized carbons (Fsp3) is 0.600. The van der Waals surface area contributed by atoms with Gasteiger partial charge in [-0.05, 0) is 62.4 Å². The molecule has 2 aliphatic rings. The molecule has 2 atom stereocenters. The van der Waals surface area contributed by atoms with Crippen molar-refractivity contribution >= 4 is 17.5 Å². The van der Waals surface area contributed by atoms with Crippen LogP contribution in [0, 0.1) is 11.8 Å². The van der Waals surface area contributed by atoms with E-state index in [1.807, 2.05) is 7.05 Å². The van der Waals surface area contributed by atoms with Crippen LogP contribution in [0.2, 0.25) is 0 Å². The van der Waals surface area contributed by atoms with Crippen molar-refractivity contribution in [3.8, 4) is 0 Å². The van der Waals surface area contributed by atoms with E-state index in [0.717, 1.165) is 37.8 Å². The van der Waals surface area contributed by atoms with Gasteiger partial charge in [0.05, 0.1) is 0 Å². The molecule has 2 amide bonds. The highest BCUT2D eigenvalue weighted by Gasteiger charge is 2.32. The number of hydrogen-bond donors (Lipinski definition) is 2. The van der Waals surface area contributed by atoms with Crippen molar-refractivity contribution in [2.24, 2.45) is 17.6 Å². The summed E-state index contributed by atoms with van der Waals surface area (Å²) in [6.07, 6.45) is 4.74. The highest BCUT2D eigenvalue weighted by molar-refractivity contribution is 5.96. The second kappa shape index (κ2) is 8.64. The van der Waals surface area contributed by atoms with Gasteiger partial charge in [0.25, 0.3) is 5.91 Å². The van der Waals surface area contributed by atoms with Gasteiger partial charge in [-0.25, -0.2) is 0 Å². The summed E-state index contributed by atoms with van der Waals surface area (Å²) in [4.78, 5) is 26.9. The largest absolute Gasteiger partial charge is 0.381 e. The first-order valence-corrected chi connectivity index (χ1v) is 9.56. The Hall–Kier alpha value is -1.92. The van der Waals surface area contributed by atoms with E-state index in [1.54, 1.807) is 29.2 Å². The molecule has 6 heteroatoms. The Kier molecular flexibility index (Phi) is 6.27. The Morgan fingerprint density at radius 2 is 1.85 bits per heavy atom. The quantitative estimate of drug-likeness (QED) is 0.844. The van der Waals surface area contributed by atoms with Gasteiger partial charge in [0, 0.05) is 43.5 Å². The molecule has 1 saturated carbocycles. The van der Waals surface area contributed by atoms with E-state index < -0.39 is 0 Å². The van der Waals surface area contributed by atoms with Crippen LogP contribution in [0.5, 0.6) is 0 Å². The molecule has 0 aromatic heterocycles. The van der Waals surface area contributed by atoms with Crippen molar-refractivity contribution in [1.82, 2.24) is 4.90 Å². The highest BCUT2D eigenvalue weighted by atomic mass is 16.5. The van der Waals surface area contributed by atoms with Crippen LogP contribution in [0.25, 0.3) is 0 Å². The molecule has 1 heterocycles. The third-order valence-corrected chi connectivity index (χ3v) is 5.76. The lowest BCUT2D eigenvalue weighted by molar-refractivity contribution is -0.120. The molecule has 0 bridgehead atoms. The summed E-state index contributed by atoms with van der Waals surface area (Å²) in [6.45, 7) is 1.97. The van der Waals surface area contributed by atoms with E-state index in [-0.39, 0.29) is 29.7 Å². The van der Waals surface area contributed by atoms with Gasteiger partial charge in [-0.2, -0.15) is 0 Å². The van der Waals surface area contributed by atoms with Gasteiger partial charge in [-0.15, -0.1) is 0 Å². The summed E-state index contributed by atoms with van der Waals surface area (Å²) in [7, 11) is 1.85. The van der Waals surface area contributed by atoms with Crippen molar-refractivity contribution < 1.29 is 14.3 Å². The van der Waals surface area contributed by atoms with Crippen LogP contribution in [0.1, 0.15) is 42.5 Å². The molecule has 142 valence electrons. The molecule has 1 aliphatic heterocycles. The normalized spacial score (nSPS) is 23.6. The molecule has 0 unspecified atom stereocenters. The molecule has 26 heavy (non-hydrogen) atoms. The summed E-state index contributed by atoms with van der Waals surface area (Å²) < 4.78 is 5.36. The van der Waals surface area contributed by atoms with E-state index in [1.165, 1.54) is 0 Å². The lowest BCUT2D eigenvalue weighted by atomic mass is 9.95. The summed E-state index contributed by atoms with van der Waals surface area (Å²) in [6, 6.07) is 7.39. The Morgan fingerprint density at radius 1 is 1.15 bits per heavy atom. The number of carbonyl (C=O) groups is 2. The molecule has 1 aromatic carbocycles. The van der Waals surface area contributed by atoms with Gasteiger partial charge in [0.2, 0.25) is 5.91 Å². The van der Waals surface area contributed by atoms with Crippen molar-refractivity contribution in [2.45, 2.75) is 38.1 Å². The minimum Gasteiger partial charge on any atom is -0.381 e. The van der Waals surface area contributed by atoms with Gasteiger partial charge in [-0.3, -0.25) is 9.59 Å². The topological polar surface area (TPSA) is 84.7 Å². The average Bonchev–Trinajstić information content (AvgIpc) is 3.17. The van der Waals surface area contributed by atoms with Gasteiger partial charge in [-0.1, -0.05) is 6.42 Å². The monoisotopic (exact) mass is 359 g/mol. The zero-order chi connectivity index (χ0) is 18.5. The van der Waals surface area contributed by atoms with E-state index >= 15 is 0 Å². The molecule has 3 rings (SSSR count). The summed E-state index contributed by atoms with van der Waals surface area (Å²) in [5, 5.41) is 2.97. The molecule has 2 fully saturated rings. The number of nitrogens with two attached hydrogens (primary N) is 1. The minimum absolute atomic E-state index is 0.000891. The van der Waals surface area contributed by atoms with Crippen LogP contribution in [-0.4, -0.2) is 49.6 Å². The number of ether oxygens (including phenoxy) is 1. The van der Waals surface area contributed by atoms with Crippen molar-refractivity contribution in [3.05, 3.63) is 29.8 Å². The molecule has 3 N–H and O–H groups in total. The Bertz CT molecular complexity index is 626. The van der Waals surface area contributed by atoms with Crippen LogP contribution in [0.4, 0.5) is 5.69 Å². The molecule has 6 nitrogen and oxygen atoms in total. The number of anilines is 1. The van der Waals surface area contributed by atoms with Crippen LogP contribution in [0.15, 0.2) is 24.3 Å². The van der Waals surface area contributed by atoms with Crippen molar-refractivity contribution in [1.29, 1.82) is 0 Å². The SMILES string of the molecule is CN(C(=O)c1ccc(NC(=O)[C@@H]2CCC[C@@H]2CN)cc1)C1CCOCC1. The predicted molar refractivity (Wildman–Crippen MR) is 101 cm³/mol. The Balaban J connectivity index is 1.59. The molecule has 1 aromatic rings. The first-order valence-electron chi connectivity index (χ1n) is 9.56. The average molecular weight is 359 g/mol. The molecule has 1 saturated heterocycles. The van der Waals surface area contributed by atoms with Gasteiger partial charge >= 0.3 is 0 Å². The maximum absolute atomic E-state index is 12.7. The van der Waals surface area contributed by atoms with Crippen LogP contribution >= 0.6 is 0 Å². The lowest BCUT2D eigenvalue weighted by Gasteiger charge is -2.31. The number of carbonyl (C=O) groups excluding carboxylic acids is 2. The fourth-order valence-corrected chi connectivity index (χ4v) is 4.04. The van der Waals surface area contributed by atoms with Gasteiger partial charge < -0.3 is 20.7 Å². The smallest absolute Gasteiger partial charge is 0.253 e. The third-order valence-electron chi connectivity index (χ3n) is 5.76. The van der Waals surface area contributed by atoms with E-state index in [2.05, 4.69) is 5.32 Å². The van der Waals surface area contributed by atoms with Gasteiger partial charge in [0.15, 0.2) is 0 Å². The summed E-state index contributed by atoms with van der Waals surface area (Å²) in [5.41, 5.74) is 7.13. The summed E-state index contributed by atoms with van der Waals surface area (Å²) in [5.74, 6) is 0.329. The van der Waals surface area contributed by atoms with E-state index in [4.69, 9.17) is 10.5 Å². The molecular weight excluding hydrogens is 330 g/mol. The van der Waals surface area contributed by atoms with E-state index in [9.17, 15) is 9.59 Å². The van der Waals surface area contributed by atoms with E-state index in [0.29, 0.717) is 25.3 Å². The first-order chi connectivity index (χ1) is 12.6. The number of nitrogens with one attached hydrogen (secondary N) is 1. The maximum Gasteiger partial charge on any atom is 0.253 e. The third kappa shape index (κ3) is 4.24. The molecule has 0 spiro atoms. The first kappa shape index (κ1) is 18.9. The molecule has 0 radical (unpaired) electrons. The lowest BCUT2D eigenvalue weighted by Crippen LogP contribution is -2.40.